The van der Waals surface area contributed by atoms with Gasteiger partial charge in [-0.3, -0.25) is 4.79 Å². The Hall–Kier alpha value is -1.69. The highest BCUT2D eigenvalue weighted by molar-refractivity contribution is 5.92. The summed E-state index contributed by atoms with van der Waals surface area (Å²) in [6, 6.07) is 0.544. The van der Waals surface area contributed by atoms with Crippen molar-refractivity contribution >= 4 is 11.7 Å². The summed E-state index contributed by atoms with van der Waals surface area (Å²) in [7, 11) is 4.26. The summed E-state index contributed by atoms with van der Waals surface area (Å²) in [5, 5.41) is 0. The number of amides is 1. The van der Waals surface area contributed by atoms with Gasteiger partial charge in [0.25, 0.3) is 5.91 Å². The normalized spacial score (nSPS) is 24.6. The summed E-state index contributed by atoms with van der Waals surface area (Å²) in [5.41, 5.74) is 2.16. The molecule has 3 fully saturated rings. The molecule has 0 bridgehead atoms. The first-order valence-electron chi connectivity index (χ1n) is 9.50. The van der Waals surface area contributed by atoms with E-state index in [9.17, 15) is 4.79 Å². The van der Waals surface area contributed by atoms with E-state index in [2.05, 4.69) is 35.8 Å². The number of carbonyl (C=O) groups is 1. The molecule has 1 aromatic heterocycles. The van der Waals surface area contributed by atoms with Gasteiger partial charge in [0.2, 0.25) is 5.82 Å². The fourth-order valence-electron chi connectivity index (χ4n) is 4.41. The number of hydrogen-bond donors (Lipinski definition) is 0. The van der Waals surface area contributed by atoms with Crippen LogP contribution >= 0.6 is 0 Å². The van der Waals surface area contributed by atoms with Crippen LogP contribution in [0.25, 0.3) is 0 Å². The van der Waals surface area contributed by atoms with E-state index in [1.165, 1.54) is 0 Å². The van der Waals surface area contributed by atoms with Gasteiger partial charge in [-0.15, -0.1) is 0 Å². The minimum Gasteiger partial charge on any atom is -0.355 e. The largest absolute Gasteiger partial charge is 0.355 e. The molecule has 2 saturated heterocycles. The van der Waals surface area contributed by atoms with E-state index in [-0.39, 0.29) is 11.4 Å². The Balaban J connectivity index is 1.62. The van der Waals surface area contributed by atoms with Crippen molar-refractivity contribution < 1.29 is 4.79 Å². The Bertz CT molecular complexity index is 697. The van der Waals surface area contributed by atoms with Crippen LogP contribution in [-0.4, -0.2) is 71.0 Å². The standard InChI is InChI=1S/C19H29N5O/c1-13-14(2)20-16(18(25)24-10-5-7-19(24)8-9-19)21-17(13)23-11-6-15(12-23)22(3)4/h15H,5-12H2,1-4H3/t15-/m1/s1. The second kappa shape index (κ2) is 5.94. The van der Waals surface area contributed by atoms with Crippen LogP contribution in [0.3, 0.4) is 0 Å². The molecular weight excluding hydrogens is 314 g/mol. The van der Waals surface area contributed by atoms with E-state index in [0.717, 1.165) is 68.8 Å². The van der Waals surface area contributed by atoms with Gasteiger partial charge in [0.05, 0.1) is 0 Å². The van der Waals surface area contributed by atoms with E-state index in [4.69, 9.17) is 4.98 Å². The second-order valence-electron chi connectivity index (χ2n) is 8.22. The number of likely N-dealkylation sites (N-methyl/N-ethyl adjacent to an activating group) is 1. The first kappa shape index (κ1) is 16.8. The Labute approximate surface area is 150 Å². The van der Waals surface area contributed by atoms with Crippen LogP contribution in [0.1, 0.15) is 54.0 Å². The van der Waals surface area contributed by atoms with Crippen molar-refractivity contribution in [3.63, 3.8) is 0 Å². The molecular formula is C19H29N5O. The molecule has 1 atom stereocenters. The van der Waals surface area contributed by atoms with Crippen molar-refractivity contribution in [2.75, 3.05) is 38.6 Å². The lowest BCUT2D eigenvalue weighted by molar-refractivity contribution is 0.0704. The van der Waals surface area contributed by atoms with E-state index in [0.29, 0.717) is 11.9 Å². The average molecular weight is 343 g/mol. The molecule has 1 saturated carbocycles. The zero-order valence-electron chi connectivity index (χ0n) is 15.9. The summed E-state index contributed by atoms with van der Waals surface area (Å²) >= 11 is 0. The van der Waals surface area contributed by atoms with Gasteiger partial charge in [0.1, 0.15) is 5.82 Å². The van der Waals surface area contributed by atoms with Crippen LogP contribution in [0.4, 0.5) is 5.82 Å². The van der Waals surface area contributed by atoms with Gasteiger partial charge < -0.3 is 14.7 Å². The lowest BCUT2D eigenvalue weighted by atomic mass is 10.2. The third-order valence-electron chi connectivity index (χ3n) is 6.42. The topological polar surface area (TPSA) is 52.6 Å². The van der Waals surface area contributed by atoms with Gasteiger partial charge in [-0.2, -0.15) is 0 Å². The molecule has 1 spiro atoms. The lowest BCUT2D eigenvalue weighted by Gasteiger charge is -2.26. The van der Waals surface area contributed by atoms with Crippen LogP contribution in [0.5, 0.6) is 0 Å². The van der Waals surface area contributed by atoms with E-state index in [1.807, 2.05) is 11.8 Å². The molecule has 4 rings (SSSR count). The Morgan fingerprint density at radius 3 is 2.56 bits per heavy atom. The monoisotopic (exact) mass is 343 g/mol. The Morgan fingerprint density at radius 2 is 1.92 bits per heavy atom. The van der Waals surface area contributed by atoms with Crippen molar-refractivity contribution in [3.05, 3.63) is 17.1 Å². The first-order valence-corrected chi connectivity index (χ1v) is 9.50. The molecule has 1 amide bonds. The molecule has 0 unspecified atom stereocenters. The number of anilines is 1. The first-order chi connectivity index (χ1) is 11.9. The fourth-order valence-corrected chi connectivity index (χ4v) is 4.41. The number of rotatable bonds is 3. The Kier molecular flexibility index (Phi) is 3.98. The predicted molar refractivity (Wildman–Crippen MR) is 98.0 cm³/mol. The highest BCUT2D eigenvalue weighted by atomic mass is 16.2. The summed E-state index contributed by atoms with van der Waals surface area (Å²) in [6.45, 7) is 6.87. The quantitative estimate of drug-likeness (QED) is 0.840. The summed E-state index contributed by atoms with van der Waals surface area (Å²) in [4.78, 5) is 29.0. The predicted octanol–water partition coefficient (Wildman–Crippen LogP) is 2.00. The van der Waals surface area contributed by atoms with E-state index in [1.54, 1.807) is 0 Å². The van der Waals surface area contributed by atoms with E-state index < -0.39 is 0 Å². The molecule has 3 aliphatic rings. The smallest absolute Gasteiger partial charge is 0.292 e. The number of hydrogen-bond acceptors (Lipinski definition) is 5. The van der Waals surface area contributed by atoms with Crippen LogP contribution in [0.15, 0.2) is 0 Å². The van der Waals surface area contributed by atoms with Crippen molar-refractivity contribution in [3.8, 4) is 0 Å². The maximum absolute atomic E-state index is 13.1. The molecule has 0 aromatic carbocycles. The SMILES string of the molecule is Cc1nc(C(=O)N2CCCC23CC3)nc(N2CC[C@@H](N(C)C)C2)c1C. The van der Waals surface area contributed by atoms with Gasteiger partial charge in [-0.1, -0.05) is 0 Å². The zero-order valence-corrected chi connectivity index (χ0v) is 15.9. The average Bonchev–Trinajstić information content (AvgIpc) is 3.00. The van der Waals surface area contributed by atoms with Crippen LogP contribution in [0.2, 0.25) is 0 Å². The number of nitrogens with zero attached hydrogens (tertiary/aromatic N) is 5. The summed E-state index contributed by atoms with van der Waals surface area (Å²) in [6.07, 6.45) is 5.68. The molecule has 0 radical (unpaired) electrons. The fraction of sp³-hybridized carbons (Fsp3) is 0.737. The number of carbonyl (C=O) groups excluding carboxylic acids is 1. The molecule has 25 heavy (non-hydrogen) atoms. The third kappa shape index (κ3) is 2.80. The molecule has 136 valence electrons. The lowest BCUT2D eigenvalue weighted by Crippen LogP contribution is -2.38. The van der Waals surface area contributed by atoms with Gasteiger partial charge in [-0.05, 0) is 60.0 Å². The highest BCUT2D eigenvalue weighted by Crippen LogP contribution is 2.49. The second-order valence-corrected chi connectivity index (χ2v) is 8.22. The number of likely N-dealkylation sites (tertiary alicyclic amines) is 1. The third-order valence-corrected chi connectivity index (χ3v) is 6.42. The molecule has 1 aliphatic carbocycles. The minimum absolute atomic E-state index is 0.0303. The minimum atomic E-state index is 0.0303. The van der Waals surface area contributed by atoms with Crippen LogP contribution in [0, 0.1) is 13.8 Å². The van der Waals surface area contributed by atoms with Crippen molar-refractivity contribution in [2.24, 2.45) is 0 Å². The zero-order chi connectivity index (χ0) is 17.8. The Morgan fingerprint density at radius 1 is 1.16 bits per heavy atom. The number of aryl methyl sites for hydroxylation is 1. The van der Waals surface area contributed by atoms with Crippen molar-refractivity contribution in [1.29, 1.82) is 0 Å². The molecule has 0 N–H and O–H groups in total. The molecule has 6 heteroatoms. The summed E-state index contributed by atoms with van der Waals surface area (Å²) in [5.74, 6) is 1.37. The van der Waals surface area contributed by atoms with Gasteiger partial charge in [0.15, 0.2) is 0 Å². The highest BCUT2D eigenvalue weighted by Gasteiger charge is 2.53. The molecule has 3 heterocycles. The number of aromatic nitrogens is 2. The molecule has 2 aliphatic heterocycles. The molecule has 1 aromatic rings. The maximum atomic E-state index is 13.1. The van der Waals surface area contributed by atoms with Gasteiger partial charge in [0, 0.05) is 42.5 Å². The maximum Gasteiger partial charge on any atom is 0.292 e. The van der Waals surface area contributed by atoms with Gasteiger partial charge in [-0.25, -0.2) is 9.97 Å². The summed E-state index contributed by atoms with van der Waals surface area (Å²) < 4.78 is 0. The van der Waals surface area contributed by atoms with Crippen LogP contribution in [-0.2, 0) is 0 Å². The van der Waals surface area contributed by atoms with Crippen LogP contribution < -0.4 is 4.90 Å². The molecule has 6 nitrogen and oxygen atoms in total. The van der Waals surface area contributed by atoms with Crippen molar-refractivity contribution in [1.82, 2.24) is 19.8 Å². The van der Waals surface area contributed by atoms with Crippen molar-refractivity contribution in [2.45, 2.75) is 57.5 Å². The van der Waals surface area contributed by atoms with E-state index >= 15 is 0 Å². The van der Waals surface area contributed by atoms with Gasteiger partial charge >= 0.3 is 0 Å².